The summed E-state index contributed by atoms with van der Waals surface area (Å²) in [6, 6.07) is 9.72. The van der Waals surface area contributed by atoms with Crippen LogP contribution in [0.15, 0.2) is 45.8 Å². The monoisotopic (exact) mass is 487 g/mol. The zero-order chi connectivity index (χ0) is 23.9. The summed E-state index contributed by atoms with van der Waals surface area (Å²) in [6.45, 7) is 0.977. The van der Waals surface area contributed by atoms with E-state index in [2.05, 4.69) is 10.5 Å². The van der Waals surface area contributed by atoms with Gasteiger partial charge in [-0.3, -0.25) is 14.1 Å². The topological polar surface area (TPSA) is 104 Å². The number of nitrogens with one attached hydrogen (secondary N) is 1. The molecule has 0 atom stereocenters. The molecule has 34 heavy (non-hydrogen) atoms. The second-order valence-electron chi connectivity index (χ2n) is 8.59. The molecule has 0 amide bonds. The van der Waals surface area contributed by atoms with Crippen LogP contribution in [0, 0.1) is 5.82 Å². The molecule has 1 aliphatic heterocycles. The first-order valence-electron chi connectivity index (χ1n) is 11.2. The van der Waals surface area contributed by atoms with Gasteiger partial charge in [-0.15, -0.1) is 0 Å². The number of rotatable bonds is 8. The Morgan fingerprint density at radius 1 is 1.24 bits per heavy atom. The largest absolute Gasteiger partial charge is 0.455 e. The molecule has 2 aromatic carbocycles. The summed E-state index contributed by atoms with van der Waals surface area (Å²) in [6.07, 6.45) is 3.42. The van der Waals surface area contributed by atoms with E-state index < -0.39 is 10.0 Å². The number of benzene rings is 2. The predicted octanol–water partition coefficient (Wildman–Crippen LogP) is 3.55. The van der Waals surface area contributed by atoms with Gasteiger partial charge in [-0.25, -0.2) is 18.3 Å². The molecule has 1 aliphatic carbocycles. The third-order valence-corrected chi connectivity index (χ3v) is 7.20. The molecule has 2 N–H and O–H groups in total. The fourth-order valence-corrected chi connectivity index (χ4v) is 5.27. The summed E-state index contributed by atoms with van der Waals surface area (Å²) in [7, 11) is -3.59. The van der Waals surface area contributed by atoms with Crippen LogP contribution in [0.2, 0.25) is 0 Å². The number of aliphatic imine (C=N–C) groups is 1. The van der Waals surface area contributed by atoms with E-state index in [9.17, 15) is 17.9 Å². The summed E-state index contributed by atoms with van der Waals surface area (Å²) >= 11 is 0. The highest BCUT2D eigenvalue weighted by Gasteiger charge is 2.33. The number of hydroxylamine groups is 1. The minimum Gasteiger partial charge on any atom is -0.455 e. The Labute approximate surface area is 197 Å². The lowest BCUT2D eigenvalue weighted by molar-refractivity contribution is 0.0827. The Morgan fingerprint density at radius 2 is 2.00 bits per heavy atom. The fourth-order valence-electron chi connectivity index (χ4n) is 4.29. The van der Waals surface area contributed by atoms with Crippen LogP contribution in [0.25, 0.3) is 22.3 Å². The second kappa shape index (κ2) is 9.01. The summed E-state index contributed by atoms with van der Waals surface area (Å²) < 4.78 is 46.6. The molecular formula is C24H26FN3O5S. The molecule has 0 saturated heterocycles. The van der Waals surface area contributed by atoms with Crippen LogP contribution in [0.5, 0.6) is 0 Å². The minimum atomic E-state index is -3.59. The molecule has 0 radical (unpaired) electrons. The van der Waals surface area contributed by atoms with Crippen LogP contribution in [0.3, 0.4) is 0 Å². The van der Waals surface area contributed by atoms with Gasteiger partial charge in [0.1, 0.15) is 17.2 Å². The third-order valence-electron chi connectivity index (χ3n) is 6.02. The maximum absolute atomic E-state index is 13.6. The average molecular weight is 488 g/mol. The van der Waals surface area contributed by atoms with Gasteiger partial charge in [0, 0.05) is 30.2 Å². The molecule has 8 nitrogen and oxygen atoms in total. The lowest BCUT2D eigenvalue weighted by atomic mass is 10.00. The molecule has 3 aromatic rings. The molecule has 1 saturated carbocycles. The quantitative estimate of drug-likeness (QED) is 0.504. The Balaban J connectivity index is 1.75. The molecule has 1 fully saturated rings. The second-order valence-corrected chi connectivity index (χ2v) is 10.5. The zero-order valence-corrected chi connectivity index (χ0v) is 19.6. The van der Waals surface area contributed by atoms with Crippen molar-refractivity contribution in [3.05, 3.63) is 53.3 Å². The van der Waals surface area contributed by atoms with Crippen molar-refractivity contribution < 1.29 is 27.2 Å². The van der Waals surface area contributed by atoms with Crippen molar-refractivity contribution >= 4 is 32.5 Å². The number of aliphatic hydroxyl groups excluding tert-OH is 1. The standard InChI is InChI=1S/C24H26FN3O5S/c1-34(30,31)28(10-2-11-29)20-14-21-19(13-18(20)15-3-4-15)22(24-26-9-12-32-27-24)23(33-21)16-5-7-17(25)8-6-16/h5-8,13-15,29H,2-4,9-12H2,1H3,(H,26,27). The van der Waals surface area contributed by atoms with Crippen molar-refractivity contribution in [1.82, 2.24) is 5.48 Å². The van der Waals surface area contributed by atoms with E-state index in [1.165, 1.54) is 22.7 Å². The number of halogens is 1. The maximum Gasteiger partial charge on any atom is 0.232 e. The van der Waals surface area contributed by atoms with Crippen molar-refractivity contribution in [3.8, 4) is 11.3 Å². The molecule has 180 valence electrons. The van der Waals surface area contributed by atoms with E-state index >= 15 is 0 Å². The van der Waals surface area contributed by atoms with E-state index in [0.717, 1.165) is 23.8 Å². The van der Waals surface area contributed by atoms with Crippen LogP contribution in [-0.4, -0.2) is 51.9 Å². The molecule has 1 aromatic heterocycles. The Hall–Kier alpha value is -2.95. The number of sulfonamides is 1. The van der Waals surface area contributed by atoms with E-state index in [1.54, 1.807) is 18.2 Å². The number of amidine groups is 1. The third kappa shape index (κ3) is 4.40. The molecule has 2 heterocycles. The van der Waals surface area contributed by atoms with Gasteiger partial charge in [0.05, 0.1) is 30.7 Å². The predicted molar refractivity (Wildman–Crippen MR) is 128 cm³/mol. The summed E-state index contributed by atoms with van der Waals surface area (Å²) in [5.74, 6) is 0.891. The number of aliphatic hydroxyl groups is 1. The first-order valence-corrected chi connectivity index (χ1v) is 13.1. The molecule has 2 aliphatic rings. The van der Waals surface area contributed by atoms with Crippen LogP contribution < -0.4 is 9.79 Å². The van der Waals surface area contributed by atoms with Gasteiger partial charge in [-0.05, 0) is 61.1 Å². The van der Waals surface area contributed by atoms with E-state index in [1.807, 2.05) is 6.07 Å². The van der Waals surface area contributed by atoms with Crippen molar-refractivity contribution in [2.45, 2.75) is 25.2 Å². The Kier molecular flexibility index (Phi) is 6.05. The van der Waals surface area contributed by atoms with Gasteiger partial charge in [-0.2, -0.15) is 0 Å². The minimum absolute atomic E-state index is 0.113. The first-order chi connectivity index (χ1) is 16.4. The average Bonchev–Trinajstić information content (AvgIpc) is 3.59. The van der Waals surface area contributed by atoms with E-state index in [0.29, 0.717) is 53.6 Å². The normalized spacial score (nSPS) is 16.4. The van der Waals surface area contributed by atoms with Crippen LogP contribution in [0.1, 0.15) is 36.3 Å². The van der Waals surface area contributed by atoms with E-state index in [-0.39, 0.29) is 24.9 Å². The molecule has 0 spiro atoms. The summed E-state index contributed by atoms with van der Waals surface area (Å²) in [5.41, 5.74) is 6.19. The van der Waals surface area contributed by atoms with Gasteiger partial charge < -0.3 is 9.52 Å². The van der Waals surface area contributed by atoms with Gasteiger partial charge in [0.15, 0.2) is 5.84 Å². The van der Waals surface area contributed by atoms with Crippen molar-refractivity contribution in [2.24, 2.45) is 4.99 Å². The highest BCUT2D eigenvalue weighted by molar-refractivity contribution is 7.92. The van der Waals surface area contributed by atoms with Crippen LogP contribution >= 0.6 is 0 Å². The highest BCUT2D eigenvalue weighted by atomic mass is 32.2. The molecule has 0 bridgehead atoms. The fraction of sp³-hybridized carbons (Fsp3) is 0.375. The van der Waals surface area contributed by atoms with Crippen molar-refractivity contribution in [1.29, 1.82) is 0 Å². The number of anilines is 1. The van der Waals surface area contributed by atoms with Crippen LogP contribution in [-0.2, 0) is 14.9 Å². The van der Waals surface area contributed by atoms with Crippen molar-refractivity contribution in [2.75, 3.05) is 36.9 Å². The number of furan rings is 1. The molecule has 0 unspecified atom stereocenters. The smallest absolute Gasteiger partial charge is 0.232 e. The number of fused-ring (bicyclic) bond motifs is 1. The van der Waals surface area contributed by atoms with Crippen LogP contribution in [0.4, 0.5) is 10.1 Å². The van der Waals surface area contributed by atoms with E-state index in [4.69, 9.17) is 9.25 Å². The lowest BCUT2D eigenvalue weighted by Crippen LogP contribution is -2.32. The van der Waals surface area contributed by atoms with Gasteiger partial charge in [-0.1, -0.05) is 0 Å². The zero-order valence-electron chi connectivity index (χ0n) is 18.8. The summed E-state index contributed by atoms with van der Waals surface area (Å²) in [4.78, 5) is 9.98. The molecule has 5 rings (SSSR count). The SMILES string of the molecule is CS(=O)(=O)N(CCCO)c1cc2oc(-c3ccc(F)cc3)c(C3=NCCON3)c2cc1C1CC1. The van der Waals surface area contributed by atoms with Gasteiger partial charge >= 0.3 is 0 Å². The lowest BCUT2D eigenvalue weighted by Gasteiger charge is -2.25. The van der Waals surface area contributed by atoms with Gasteiger partial charge in [0.25, 0.3) is 0 Å². The number of hydrogen-bond acceptors (Lipinski definition) is 7. The number of hydrogen-bond donors (Lipinski definition) is 2. The summed E-state index contributed by atoms with van der Waals surface area (Å²) in [5, 5.41) is 10.1. The Bertz CT molecular complexity index is 1350. The maximum atomic E-state index is 13.6. The first kappa shape index (κ1) is 22.8. The number of nitrogens with zero attached hydrogens (tertiary/aromatic N) is 2. The van der Waals surface area contributed by atoms with Crippen molar-refractivity contribution in [3.63, 3.8) is 0 Å². The molecule has 10 heteroatoms. The highest BCUT2D eigenvalue weighted by Crippen LogP contribution is 2.48. The molecular weight excluding hydrogens is 461 g/mol. The Morgan fingerprint density at radius 3 is 2.62 bits per heavy atom. The van der Waals surface area contributed by atoms with Gasteiger partial charge in [0.2, 0.25) is 10.0 Å².